The Labute approximate surface area is 162 Å². The quantitative estimate of drug-likeness (QED) is 0.550. The smallest absolute Gasteiger partial charge is 0.133 e. The second-order valence-electron chi connectivity index (χ2n) is 9.42. The first-order chi connectivity index (χ1) is 12.8. The molecule has 26 heavy (non-hydrogen) atoms. The molecule has 0 spiro atoms. The van der Waals surface area contributed by atoms with Crippen molar-refractivity contribution in [3.8, 4) is 0 Å². The number of carbonyl (C=O) groups is 1. The van der Waals surface area contributed by atoms with Gasteiger partial charge in [-0.2, -0.15) is 0 Å². The van der Waals surface area contributed by atoms with Gasteiger partial charge in [-0.1, -0.05) is 77.0 Å². The third-order valence-corrected chi connectivity index (χ3v) is 7.43. The zero-order chi connectivity index (χ0) is 18.0. The molecule has 0 aromatic carbocycles. The molecule has 3 saturated carbocycles. The lowest BCUT2D eigenvalue weighted by atomic mass is 9.87. The van der Waals surface area contributed by atoms with Crippen LogP contribution >= 0.6 is 0 Å². The van der Waals surface area contributed by atoms with Crippen LogP contribution in [0.5, 0.6) is 0 Å². The van der Waals surface area contributed by atoms with Gasteiger partial charge in [-0.15, -0.1) is 0 Å². The Balaban J connectivity index is 1.73. The second kappa shape index (κ2) is 11.5. The second-order valence-corrected chi connectivity index (χ2v) is 9.42. The topological polar surface area (TPSA) is 20.3 Å². The van der Waals surface area contributed by atoms with Gasteiger partial charge in [-0.3, -0.25) is 9.69 Å². The van der Waals surface area contributed by atoms with Gasteiger partial charge in [0.2, 0.25) is 0 Å². The SMILES string of the molecule is O=C1CCC(N(C2CCCCCCCC2)C2CCCCCCCC2)CC1. The summed E-state index contributed by atoms with van der Waals surface area (Å²) in [5.74, 6) is 0.519. The minimum atomic E-state index is 0.519. The van der Waals surface area contributed by atoms with E-state index >= 15 is 0 Å². The van der Waals surface area contributed by atoms with Crippen molar-refractivity contribution in [3.05, 3.63) is 0 Å². The molecule has 2 heteroatoms. The number of nitrogens with zero attached hydrogens (tertiary/aromatic N) is 1. The van der Waals surface area contributed by atoms with Gasteiger partial charge in [0.1, 0.15) is 5.78 Å². The van der Waals surface area contributed by atoms with E-state index in [0.29, 0.717) is 11.8 Å². The third-order valence-electron chi connectivity index (χ3n) is 7.43. The number of rotatable bonds is 3. The fourth-order valence-electron chi connectivity index (χ4n) is 5.94. The fourth-order valence-corrected chi connectivity index (χ4v) is 5.94. The summed E-state index contributed by atoms with van der Waals surface area (Å²) in [6.07, 6.45) is 27.0. The van der Waals surface area contributed by atoms with Crippen LogP contribution in [0.1, 0.15) is 128 Å². The Hall–Kier alpha value is -0.370. The zero-order valence-corrected chi connectivity index (χ0v) is 17.2. The van der Waals surface area contributed by atoms with Gasteiger partial charge in [0, 0.05) is 31.0 Å². The van der Waals surface area contributed by atoms with E-state index < -0.39 is 0 Å². The van der Waals surface area contributed by atoms with E-state index in [0.717, 1.165) is 37.8 Å². The van der Waals surface area contributed by atoms with E-state index in [9.17, 15) is 4.79 Å². The van der Waals surface area contributed by atoms with Crippen molar-refractivity contribution in [2.75, 3.05) is 0 Å². The molecule has 0 saturated heterocycles. The summed E-state index contributed by atoms with van der Waals surface area (Å²) < 4.78 is 0. The zero-order valence-electron chi connectivity index (χ0n) is 17.2. The highest BCUT2D eigenvalue weighted by Crippen LogP contribution is 2.33. The van der Waals surface area contributed by atoms with Crippen molar-refractivity contribution >= 4 is 5.78 Å². The monoisotopic (exact) mass is 361 g/mol. The number of hydrogen-bond acceptors (Lipinski definition) is 2. The summed E-state index contributed by atoms with van der Waals surface area (Å²) in [5, 5.41) is 0. The molecule has 0 unspecified atom stereocenters. The molecule has 0 heterocycles. The summed E-state index contributed by atoms with van der Waals surface area (Å²) in [4.78, 5) is 14.9. The van der Waals surface area contributed by atoms with E-state index in [1.807, 2.05) is 0 Å². The molecule has 2 nitrogen and oxygen atoms in total. The molecule has 0 aromatic heterocycles. The number of Topliss-reactive ketones (excluding diaryl/α,β-unsaturated/α-hetero) is 1. The molecule has 3 fully saturated rings. The summed E-state index contributed by atoms with van der Waals surface area (Å²) in [6, 6.07) is 2.30. The Morgan fingerprint density at radius 2 is 0.769 bits per heavy atom. The van der Waals surface area contributed by atoms with Gasteiger partial charge < -0.3 is 0 Å². The van der Waals surface area contributed by atoms with Gasteiger partial charge in [-0.05, 0) is 38.5 Å². The highest BCUT2D eigenvalue weighted by Gasteiger charge is 2.34. The standard InChI is InChI=1S/C24H43NO/c26-24-19-17-23(18-20-24)25(21-13-9-5-1-2-6-10-14-21)22-15-11-7-3-4-8-12-16-22/h21-23H,1-20H2. The first kappa shape index (κ1) is 20.4. The van der Waals surface area contributed by atoms with Crippen molar-refractivity contribution in [2.45, 2.75) is 147 Å². The molecule has 0 bridgehead atoms. The molecule has 150 valence electrons. The van der Waals surface area contributed by atoms with Gasteiger partial charge in [-0.25, -0.2) is 0 Å². The van der Waals surface area contributed by atoms with Crippen LogP contribution in [0.2, 0.25) is 0 Å². The lowest BCUT2D eigenvalue weighted by Crippen LogP contribution is -2.51. The molecule has 0 atom stereocenters. The predicted molar refractivity (Wildman–Crippen MR) is 111 cm³/mol. The van der Waals surface area contributed by atoms with Crippen LogP contribution in [0.3, 0.4) is 0 Å². The van der Waals surface area contributed by atoms with Crippen molar-refractivity contribution in [1.29, 1.82) is 0 Å². The summed E-state index contributed by atoms with van der Waals surface area (Å²) in [7, 11) is 0. The van der Waals surface area contributed by atoms with Crippen molar-refractivity contribution in [1.82, 2.24) is 4.90 Å². The van der Waals surface area contributed by atoms with E-state index in [4.69, 9.17) is 0 Å². The van der Waals surface area contributed by atoms with Crippen LogP contribution in [-0.2, 0) is 4.79 Å². The minimum Gasteiger partial charge on any atom is -0.300 e. The highest BCUT2D eigenvalue weighted by molar-refractivity contribution is 5.79. The van der Waals surface area contributed by atoms with Gasteiger partial charge in [0.25, 0.3) is 0 Å². The Morgan fingerprint density at radius 1 is 0.462 bits per heavy atom. The molecule has 3 aliphatic rings. The summed E-state index contributed by atoms with van der Waals surface area (Å²) in [5.41, 5.74) is 0. The Bertz CT molecular complexity index is 353. The van der Waals surface area contributed by atoms with Crippen LogP contribution in [0.15, 0.2) is 0 Å². The fraction of sp³-hybridized carbons (Fsp3) is 0.958. The lowest BCUT2D eigenvalue weighted by molar-refractivity contribution is -0.122. The maximum absolute atomic E-state index is 11.9. The average Bonchev–Trinajstić information content (AvgIpc) is 2.87. The molecule has 0 aromatic rings. The largest absolute Gasteiger partial charge is 0.300 e. The van der Waals surface area contributed by atoms with Crippen LogP contribution in [0, 0.1) is 0 Å². The number of ketones is 1. The van der Waals surface area contributed by atoms with Crippen molar-refractivity contribution in [3.63, 3.8) is 0 Å². The summed E-state index contributed by atoms with van der Waals surface area (Å²) in [6.45, 7) is 0. The maximum atomic E-state index is 11.9. The van der Waals surface area contributed by atoms with E-state index in [-0.39, 0.29) is 0 Å². The first-order valence-electron chi connectivity index (χ1n) is 12.1. The molecule has 0 aliphatic heterocycles. The number of hydrogen-bond donors (Lipinski definition) is 0. The first-order valence-corrected chi connectivity index (χ1v) is 12.1. The lowest BCUT2D eigenvalue weighted by Gasteiger charge is -2.45. The highest BCUT2D eigenvalue weighted by atomic mass is 16.1. The Morgan fingerprint density at radius 3 is 1.15 bits per heavy atom. The van der Waals surface area contributed by atoms with Crippen molar-refractivity contribution < 1.29 is 4.79 Å². The van der Waals surface area contributed by atoms with E-state index in [1.165, 1.54) is 103 Å². The van der Waals surface area contributed by atoms with Crippen molar-refractivity contribution in [2.24, 2.45) is 0 Å². The van der Waals surface area contributed by atoms with Gasteiger partial charge in [0.15, 0.2) is 0 Å². The minimum absolute atomic E-state index is 0.519. The summed E-state index contributed by atoms with van der Waals surface area (Å²) >= 11 is 0. The Kier molecular flexibility index (Phi) is 8.98. The van der Waals surface area contributed by atoms with Gasteiger partial charge >= 0.3 is 0 Å². The van der Waals surface area contributed by atoms with Crippen LogP contribution < -0.4 is 0 Å². The van der Waals surface area contributed by atoms with Crippen LogP contribution in [0.4, 0.5) is 0 Å². The maximum Gasteiger partial charge on any atom is 0.133 e. The average molecular weight is 362 g/mol. The molecule has 3 rings (SSSR count). The normalized spacial score (nSPS) is 27.2. The van der Waals surface area contributed by atoms with E-state index in [2.05, 4.69) is 4.90 Å². The molecule has 0 amide bonds. The number of carbonyl (C=O) groups excluding carboxylic acids is 1. The third kappa shape index (κ3) is 6.36. The van der Waals surface area contributed by atoms with Crippen LogP contribution in [0.25, 0.3) is 0 Å². The molecule has 0 N–H and O–H groups in total. The molecule has 0 radical (unpaired) electrons. The predicted octanol–water partition coefficient (Wildman–Crippen LogP) is 6.81. The van der Waals surface area contributed by atoms with Gasteiger partial charge in [0.05, 0.1) is 0 Å². The molecule has 3 aliphatic carbocycles. The molecular weight excluding hydrogens is 318 g/mol. The van der Waals surface area contributed by atoms with Crippen LogP contribution in [-0.4, -0.2) is 28.8 Å². The molecular formula is C24H43NO. The van der Waals surface area contributed by atoms with E-state index in [1.54, 1.807) is 0 Å².